The van der Waals surface area contributed by atoms with E-state index >= 15 is 0 Å². The molecule has 1 aromatic carbocycles. The second-order valence-electron chi connectivity index (χ2n) is 3.24. The van der Waals surface area contributed by atoms with E-state index in [2.05, 4.69) is 5.32 Å². The average molecular weight is 256 g/mol. The van der Waals surface area contributed by atoms with Crippen LogP contribution < -0.4 is 11.1 Å². The minimum absolute atomic E-state index is 0.0454. The monoisotopic (exact) mass is 256 g/mol. The number of ether oxygens (including phenoxy) is 1. The fraction of sp³-hybridized carbons (Fsp3) is 0.273. The fourth-order valence-corrected chi connectivity index (χ4v) is 1.34. The van der Waals surface area contributed by atoms with Gasteiger partial charge in [0.25, 0.3) is 0 Å². The molecule has 0 unspecified atom stereocenters. The zero-order chi connectivity index (χ0) is 12.8. The summed E-state index contributed by atoms with van der Waals surface area (Å²) in [5.41, 5.74) is 5.88. The molecule has 0 aliphatic carbocycles. The van der Waals surface area contributed by atoms with Crippen LogP contribution in [0.5, 0.6) is 0 Å². The predicted octanol–water partition coefficient (Wildman–Crippen LogP) is 1.43. The molecule has 0 bridgehead atoms. The van der Waals surface area contributed by atoms with Crippen molar-refractivity contribution in [2.75, 3.05) is 18.5 Å². The van der Waals surface area contributed by atoms with Crippen molar-refractivity contribution in [1.82, 2.24) is 0 Å². The van der Waals surface area contributed by atoms with Crippen LogP contribution in [0.1, 0.15) is 12.5 Å². The third kappa shape index (κ3) is 4.08. The molecule has 0 aliphatic heterocycles. The Kier molecular flexibility index (Phi) is 4.99. The molecule has 0 heterocycles. The van der Waals surface area contributed by atoms with Gasteiger partial charge in [-0.05, 0) is 25.1 Å². The number of carbonyl (C=O) groups excluding carboxylic acids is 1. The average Bonchev–Trinajstić information content (AvgIpc) is 2.28. The Morgan fingerprint density at radius 3 is 2.88 bits per heavy atom. The highest BCUT2D eigenvalue weighted by molar-refractivity contribution is 7.80. The van der Waals surface area contributed by atoms with Crippen molar-refractivity contribution in [3.8, 4) is 0 Å². The van der Waals surface area contributed by atoms with Gasteiger partial charge in [0.15, 0.2) is 0 Å². The van der Waals surface area contributed by atoms with Crippen molar-refractivity contribution in [3.63, 3.8) is 0 Å². The highest BCUT2D eigenvalue weighted by atomic mass is 32.1. The van der Waals surface area contributed by atoms with Gasteiger partial charge in [-0.2, -0.15) is 0 Å². The van der Waals surface area contributed by atoms with Crippen molar-refractivity contribution < 1.29 is 13.9 Å². The Morgan fingerprint density at radius 2 is 2.29 bits per heavy atom. The molecule has 0 saturated carbocycles. The van der Waals surface area contributed by atoms with Gasteiger partial charge in [-0.15, -0.1) is 0 Å². The number of amides is 1. The Labute approximate surface area is 104 Å². The summed E-state index contributed by atoms with van der Waals surface area (Å²) in [6.45, 7) is 2.20. The second kappa shape index (κ2) is 6.27. The van der Waals surface area contributed by atoms with Gasteiger partial charge in [0.2, 0.25) is 5.91 Å². The number of thiocarbonyl (C=S) groups is 1. The number of rotatable bonds is 5. The third-order valence-electron chi connectivity index (χ3n) is 1.95. The number of anilines is 1. The summed E-state index contributed by atoms with van der Waals surface area (Å²) in [5, 5.41) is 2.55. The lowest BCUT2D eigenvalue weighted by Gasteiger charge is -2.07. The third-order valence-corrected chi connectivity index (χ3v) is 2.17. The van der Waals surface area contributed by atoms with Crippen LogP contribution >= 0.6 is 12.2 Å². The van der Waals surface area contributed by atoms with Gasteiger partial charge in [-0.1, -0.05) is 12.2 Å². The number of hydrogen-bond acceptors (Lipinski definition) is 3. The summed E-state index contributed by atoms with van der Waals surface area (Å²) in [5.74, 6) is -0.826. The van der Waals surface area contributed by atoms with Gasteiger partial charge < -0.3 is 15.8 Å². The molecule has 6 heteroatoms. The molecule has 1 rings (SSSR count). The zero-order valence-electron chi connectivity index (χ0n) is 9.33. The summed E-state index contributed by atoms with van der Waals surface area (Å²) >= 11 is 4.69. The standard InChI is InChI=1S/C11H13FN2O2S/c1-2-16-6-10(15)14-7-3-4-9(12)8(5-7)11(13)17/h3-5H,2,6H2,1H3,(H2,13,17)(H,14,15). The molecule has 4 nitrogen and oxygen atoms in total. The van der Waals surface area contributed by atoms with Gasteiger partial charge in [0.05, 0.1) is 0 Å². The largest absolute Gasteiger partial charge is 0.389 e. The lowest BCUT2D eigenvalue weighted by atomic mass is 10.2. The molecule has 3 N–H and O–H groups in total. The highest BCUT2D eigenvalue weighted by Crippen LogP contribution is 2.14. The molecule has 0 aliphatic rings. The zero-order valence-corrected chi connectivity index (χ0v) is 10.1. The van der Waals surface area contributed by atoms with Gasteiger partial charge in [-0.3, -0.25) is 4.79 Å². The van der Waals surface area contributed by atoms with Crippen LogP contribution in [0, 0.1) is 5.82 Å². The summed E-state index contributed by atoms with van der Waals surface area (Å²) < 4.78 is 18.2. The van der Waals surface area contributed by atoms with E-state index in [-0.39, 0.29) is 23.1 Å². The smallest absolute Gasteiger partial charge is 0.250 e. The van der Waals surface area contributed by atoms with Crippen molar-refractivity contribution in [2.45, 2.75) is 6.92 Å². The topological polar surface area (TPSA) is 64.3 Å². The van der Waals surface area contributed by atoms with Gasteiger partial charge >= 0.3 is 0 Å². The lowest BCUT2D eigenvalue weighted by molar-refractivity contribution is -0.120. The molecular weight excluding hydrogens is 243 g/mol. The summed E-state index contributed by atoms with van der Waals surface area (Å²) in [7, 11) is 0. The van der Waals surface area contributed by atoms with E-state index in [1.54, 1.807) is 6.92 Å². The SMILES string of the molecule is CCOCC(=O)Nc1ccc(F)c(C(N)=S)c1. The first-order valence-corrected chi connectivity index (χ1v) is 5.42. The minimum atomic E-state index is -0.514. The molecule has 0 atom stereocenters. The Bertz CT molecular complexity index is 437. The van der Waals surface area contributed by atoms with Crippen LogP contribution in [0.15, 0.2) is 18.2 Å². The van der Waals surface area contributed by atoms with E-state index in [0.29, 0.717) is 12.3 Å². The van der Waals surface area contributed by atoms with Crippen molar-refractivity contribution in [3.05, 3.63) is 29.6 Å². The van der Waals surface area contributed by atoms with Crippen LogP contribution in [0.3, 0.4) is 0 Å². The molecule has 92 valence electrons. The second-order valence-corrected chi connectivity index (χ2v) is 3.68. The molecule has 0 fully saturated rings. The first kappa shape index (κ1) is 13.5. The summed E-state index contributed by atoms with van der Waals surface area (Å²) in [6, 6.07) is 4.02. The van der Waals surface area contributed by atoms with Crippen molar-refractivity contribution >= 4 is 28.8 Å². The molecule has 0 radical (unpaired) electrons. The van der Waals surface area contributed by atoms with E-state index in [9.17, 15) is 9.18 Å². The molecule has 17 heavy (non-hydrogen) atoms. The molecule has 1 amide bonds. The number of hydrogen-bond donors (Lipinski definition) is 2. The first-order chi connectivity index (χ1) is 8.04. The van der Waals surface area contributed by atoms with E-state index in [0.717, 1.165) is 0 Å². The number of benzene rings is 1. The Balaban J connectivity index is 2.75. The summed E-state index contributed by atoms with van der Waals surface area (Å²) in [4.78, 5) is 11.3. The number of halogens is 1. The minimum Gasteiger partial charge on any atom is -0.389 e. The molecular formula is C11H13FN2O2S. The molecule has 1 aromatic rings. The van der Waals surface area contributed by atoms with Crippen LogP contribution in [-0.4, -0.2) is 24.1 Å². The number of nitrogens with two attached hydrogens (primary N) is 1. The first-order valence-electron chi connectivity index (χ1n) is 5.01. The van der Waals surface area contributed by atoms with Crippen LogP contribution in [0.4, 0.5) is 10.1 Å². The lowest BCUT2D eigenvalue weighted by Crippen LogP contribution is -2.19. The maximum absolute atomic E-state index is 13.3. The van der Waals surface area contributed by atoms with Crippen LogP contribution in [0.2, 0.25) is 0 Å². The highest BCUT2D eigenvalue weighted by Gasteiger charge is 2.08. The quantitative estimate of drug-likeness (QED) is 0.782. The fourth-order valence-electron chi connectivity index (χ4n) is 1.18. The molecule has 0 aromatic heterocycles. The number of carbonyl (C=O) groups is 1. The Morgan fingerprint density at radius 1 is 1.59 bits per heavy atom. The van der Waals surface area contributed by atoms with Gasteiger partial charge in [0.1, 0.15) is 17.4 Å². The van der Waals surface area contributed by atoms with Crippen LogP contribution in [0.25, 0.3) is 0 Å². The van der Waals surface area contributed by atoms with Crippen molar-refractivity contribution in [1.29, 1.82) is 0 Å². The molecule has 0 spiro atoms. The predicted molar refractivity (Wildman–Crippen MR) is 67.4 cm³/mol. The van der Waals surface area contributed by atoms with Gasteiger partial charge in [-0.25, -0.2) is 4.39 Å². The number of nitrogens with one attached hydrogen (secondary N) is 1. The van der Waals surface area contributed by atoms with Crippen LogP contribution in [-0.2, 0) is 9.53 Å². The van der Waals surface area contributed by atoms with Crippen molar-refractivity contribution in [2.24, 2.45) is 5.73 Å². The van der Waals surface area contributed by atoms with Gasteiger partial charge in [0, 0.05) is 17.9 Å². The summed E-state index contributed by atoms with van der Waals surface area (Å²) in [6.07, 6.45) is 0. The normalized spacial score (nSPS) is 10.0. The van der Waals surface area contributed by atoms with E-state index < -0.39 is 5.82 Å². The molecule has 0 saturated heterocycles. The van der Waals surface area contributed by atoms with E-state index in [1.165, 1.54) is 18.2 Å². The maximum atomic E-state index is 13.3. The Hall–Kier alpha value is -1.53. The van der Waals surface area contributed by atoms with E-state index in [1.807, 2.05) is 0 Å². The maximum Gasteiger partial charge on any atom is 0.250 e. The van der Waals surface area contributed by atoms with E-state index in [4.69, 9.17) is 22.7 Å².